The van der Waals surface area contributed by atoms with Crippen molar-refractivity contribution in [1.29, 1.82) is 0 Å². The van der Waals surface area contributed by atoms with Gasteiger partial charge in [0.25, 0.3) is 0 Å². The molecule has 8 heteroatoms. The molecule has 0 saturated carbocycles. The van der Waals surface area contributed by atoms with Gasteiger partial charge in [-0.05, 0) is 0 Å². The first-order valence-electron chi connectivity index (χ1n) is 2.12. The predicted molar refractivity (Wildman–Crippen MR) is 33.6 cm³/mol. The van der Waals surface area contributed by atoms with E-state index in [0.717, 1.165) is 6.41 Å². The standard InChI is InChI=1S/C3H7NO.H3NO3S.Na/c1-4(2)3-5;1-5(2,3)4;/h3H,1-2H3;(H3,1,2,3,4);/q;;+1/p-1. The number of hydrogen-bond acceptors (Lipinski definition) is 4. The predicted octanol–water partition coefficient (Wildman–Crippen LogP) is -4.89. The number of rotatable bonds is 1. The molecule has 0 unspecified atom stereocenters. The number of hydrogen-bond donors (Lipinski definition) is 1. The Kier molecular flexibility index (Phi) is 13.4. The van der Waals surface area contributed by atoms with Crippen LogP contribution in [0.3, 0.4) is 0 Å². The second-order valence-corrected chi connectivity index (χ2v) is 2.55. The molecule has 62 valence electrons. The van der Waals surface area contributed by atoms with Crippen molar-refractivity contribution in [1.82, 2.24) is 4.90 Å². The van der Waals surface area contributed by atoms with Gasteiger partial charge in [0, 0.05) is 14.1 Å². The van der Waals surface area contributed by atoms with Gasteiger partial charge in [-0.25, -0.2) is 13.6 Å². The Morgan fingerprint density at radius 3 is 1.55 bits per heavy atom. The minimum Gasteiger partial charge on any atom is -0.736 e. The van der Waals surface area contributed by atoms with Crippen molar-refractivity contribution in [3.63, 3.8) is 0 Å². The van der Waals surface area contributed by atoms with Crippen LogP contribution in [0.15, 0.2) is 0 Å². The molecule has 0 bridgehead atoms. The van der Waals surface area contributed by atoms with Crippen LogP contribution in [-0.4, -0.2) is 38.4 Å². The van der Waals surface area contributed by atoms with Gasteiger partial charge in [-0.2, -0.15) is 0 Å². The molecule has 0 radical (unpaired) electrons. The number of carbonyl (C=O) groups excluding carboxylic acids is 1. The van der Waals surface area contributed by atoms with Crippen LogP contribution in [0.5, 0.6) is 0 Å². The van der Waals surface area contributed by atoms with Crippen LogP contribution in [0, 0.1) is 0 Å². The van der Waals surface area contributed by atoms with Gasteiger partial charge < -0.3 is 9.45 Å². The molecule has 0 heterocycles. The summed E-state index contributed by atoms with van der Waals surface area (Å²) >= 11 is 0. The molecule has 0 fully saturated rings. The van der Waals surface area contributed by atoms with Crippen molar-refractivity contribution in [3.8, 4) is 0 Å². The Bertz CT molecular complexity index is 170. The zero-order valence-corrected chi connectivity index (χ0v) is 9.46. The van der Waals surface area contributed by atoms with E-state index in [9.17, 15) is 4.79 Å². The summed E-state index contributed by atoms with van der Waals surface area (Å²) in [6.45, 7) is 0. The SMILES string of the molecule is CN(C)C=O.NS(=O)(=O)[O-].[Na+]. The van der Waals surface area contributed by atoms with Gasteiger partial charge in [0.1, 0.15) is 0 Å². The van der Waals surface area contributed by atoms with Crippen molar-refractivity contribution in [2.24, 2.45) is 5.14 Å². The third-order valence-corrected chi connectivity index (χ3v) is 0.211. The minimum atomic E-state index is -4.42. The second-order valence-electron chi connectivity index (χ2n) is 1.56. The average Bonchev–Trinajstić information content (AvgIpc) is 1.61. The minimum absolute atomic E-state index is 0. The third kappa shape index (κ3) is 131. The van der Waals surface area contributed by atoms with Gasteiger partial charge >= 0.3 is 29.6 Å². The van der Waals surface area contributed by atoms with E-state index >= 15 is 0 Å². The van der Waals surface area contributed by atoms with Gasteiger partial charge in [0.15, 0.2) is 10.3 Å². The van der Waals surface area contributed by atoms with E-state index in [1.54, 1.807) is 14.1 Å². The van der Waals surface area contributed by atoms with Crippen molar-refractivity contribution < 1.29 is 47.3 Å². The molecule has 0 aliphatic carbocycles. The monoisotopic (exact) mass is 192 g/mol. The van der Waals surface area contributed by atoms with Gasteiger partial charge in [0.05, 0.1) is 0 Å². The van der Waals surface area contributed by atoms with Crippen LogP contribution < -0.4 is 34.7 Å². The van der Waals surface area contributed by atoms with E-state index in [-0.39, 0.29) is 29.6 Å². The molecule has 0 atom stereocenters. The summed E-state index contributed by atoms with van der Waals surface area (Å²) in [5.74, 6) is 0. The normalized spacial score (nSPS) is 8.36. The van der Waals surface area contributed by atoms with E-state index in [1.807, 2.05) is 0 Å². The maximum atomic E-state index is 9.43. The Morgan fingerprint density at radius 1 is 1.45 bits per heavy atom. The molecule has 0 aliphatic heterocycles. The molecule has 0 aromatic heterocycles. The summed E-state index contributed by atoms with van der Waals surface area (Å²) in [6, 6.07) is 0. The molecule has 0 aromatic carbocycles. The summed E-state index contributed by atoms with van der Waals surface area (Å²) in [6.07, 6.45) is 0.750. The van der Waals surface area contributed by atoms with Crippen LogP contribution >= 0.6 is 0 Å². The maximum absolute atomic E-state index is 9.43. The van der Waals surface area contributed by atoms with Gasteiger partial charge in [-0.15, -0.1) is 0 Å². The van der Waals surface area contributed by atoms with Gasteiger partial charge in [-0.3, -0.25) is 4.79 Å². The fraction of sp³-hybridized carbons (Fsp3) is 0.667. The first kappa shape index (κ1) is 17.4. The van der Waals surface area contributed by atoms with Crippen LogP contribution in [-0.2, 0) is 15.1 Å². The molecule has 1 amide bonds. The number of nitrogens with two attached hydrogens (primary N) is 1. The number of carbonyl (C=O) groups is 1. The first-order valence-corrected chi connectivity index (χ1v) is 3.60. The molecule has 0 rings (SSSR count). The average molecular weight is 192 g/mol. The quantitative estimate of drug-likeness (QED) is 0.255. The zero-order chi connectivity index (χ0) is 8.78. The zero-order valence-electron chi connectivity index (χ0n) is 6.64. The smallest absolute Gasteiger partial charge is 0.736 e. The maximum Gasteiger partial charge on any atom is 1.00 e. The number of amides is 1. The van der Waals surface area contributed by atoms with Crippen molar-refractivity contribution in [2.75, 3.05) is 14.1 Å². The topological polar surface area (TPSA) is 104 Å². The summed E-state index contributed by atoms with van der Waals surface area (Å²) < 4.78 is 26.6. The van der Waals surface area contributed by atoms with Crippen LogP contribution in [0.25, 0.3) is 0 Å². The van der Waals surface area contributed by atoms with E-state index in [2.05, 4.69) is 5.14 Å². The van der Waals surface area contributed by atoms with E-state index in [4.69, 9.17) is 13.0 Å². The Labute approximate surface area is 87.9 Å². The van der Waals surface area contributed by atoms with Crippen LogP contribution in [0.1, 0.15) is 0 Å². The summed E-state index contributed by atoms with van der Waals surface area (Å²) in [5.41, 5.74) is 0. The van der Waals surface area contributed by atoms with E-state index in [1.165, 1.54) is 4.90 Å². The molecule has 2 N–H and O–H groups in total. The third-order valence-electron chi connectivity index (χ3n) is 0.211. The Morgan fingerprint density at radius 2 is 1.55 bits per heavy atom. The van der Waals surface area contributed by atoms with Crippen LogP contribution in [0.4, 0.5) is 0 Å². The molecular weight excluding hydrogens is 183 g/mol. The van der Waals surface area contributed by atoms with Crippen molar-refractivity contribution in [2.45, 2.75) is 0 Å². The molecule has 0 saturated heterocycles. The fourth-order valence-electron chi connectivity index (χ4n) is 0. The van der Waals surface area contributed by atoms with Crippen molar-refractivity contribution in [3.05, 3.63) is 0 Å². The fourth-order valence-corrected chi connectivity index (χ4v) is 0. The molecular formula is C3H9N2NaO4S. The molecule has 0 aromatic rings. The number of nitrogens with zero attached hydrogens (tertiary/aromatic N) is 1. The Balaban J connectivity index is -0.000000107. The molecule has 11 heavy (non-hydrogen) atoms. The van der Waals surface area contributed by atoms with Gasteiger partial charge in [0.2, 0.25) is 6.41 Å². The summed E-state index contributed by atoms with van der Waals surface area (Å²) in [7, 11) is -1.04. The largest absolute Gasteiger partial charge is 1.00 e. The Hall–Kier alpha value is 0.340. The molecule has 6 nitrogen and oxygen atoms in total. The molecule has 0 aliphatic rings. The van der Waals surface area contributed by atoms with Gasteiger partial charge in [-0.1, -0.05) is 0 Å². The van der Waals surface area contributed by atoms with E-state index in [0.29, 0.717) is 0 Å². The first-order chi connectivity index (χ1) is 4.27. The van der Waals surface area contributed by atoms with Crippen LogP contribution in [0.2, 0.25) is 0 Å². The molecule has 0 spiro atoms. The summed E-state index contributed by atoms with van der Waals surface area (Å²) in [5, 5.41) is 3.77. The van der Waals surface area contributed by atoms with Crippen molar-refractivity contribution >= 4 is 16.7 Å². The van der Waals surface area contributed by atoms with E-state index < -0.39 is 10.3 Å². The summed E-state index contributed by atoms with van der Waals surface area (Å²) in [4.78, 5) is 10.9. The second kappa shape index (κ2) is 8.44.